The normalized spacial score (nSPS) is 19.9. The van der Waals surface area contributed by atoms with Gasteiger partial charge in [-0.2, -0.15) is 0 Å². The number of carbonyl (C=O) groups is 1. The van der Waals surface area contributed by atoms with Crippen molar-refractivity contribution >= 4 is 5.97 Å². The second-order valence-corrected chi connectivity index (χ2v) is 4.36. The fourth-order valence-electron chi connectivity index (χ4n) is 2.04. The molecule has 0 bridgehead atoms. The maximum absolute atomic E-state index is 11.4. The maximum Gasteiger partial charge on any atom is 0.335 e. The third-order valence-electron chi connectivity index (χ3n) is 3.08. The Morgan fingerprint density at radius 3 is 2.67 bits per heavy atom. The van der Waals surface area contributed by atoms with Crippen LogP contribution in [-0.4, -0.2) is 23.8 Å². The van der Waals surface area contributed by atoms with Gasteiger partial charge >= 0.3 is 5.97 Å². The standard InChI is InChI=1S/C12H22O3/c1-2-3-9-15-12(14)11(13)10-7-5-4-6-8-10/h10-11,13H,2-9H2,1H3/t11-/m0/s1. The first-order valence-electron chi connectivity index (χ1n) is 6.10. The van der Waals surface area contributed by atoms with Gasteiger partial charge in [-0.25, -0.2) is 4.79 Å². The van der Waals surface area contributed by atoms with Gasteiger partial charge in [0.05, 0.1) is 6.61 Å². The van der Waals surface area contributed by atoms with E-state index in [1.165, 1.54) is 6.42 Å². The fraction of sp³-hybridized carbons (Fsp3) is 0.917. The molecule has 1 N–H and O–H groups in total. The van der Waals surface area contributed by atoms with Gasteiger partial charge in [0.1, 0.15) is 0 Å². The lowest BCUT2D eigenvalue weighted by Gasteiger charge is -2.25. The minimum absolute atomic E-state index is 0.132. The van der Waals surface area contributed by atoms with E-state index in [9.17, 15) is 9.90 Å². The van der Waals surface area contributed by atoms with Crippen LogP contribution in [0.3, 0.4) is 0 Å². The highest BCUT2D eigenvalue weighted by Gasteiger charge is 2.28. The highest BCUT2D eigenvalue weighted by atomic mass is 16.5. The minimum Gasteiger partial charge on any atom is -0.464 e. The summed E-state index contributed by atoms with van der Waals surface area (Å²) in [6.45, 7) is 2.49. The molecule has 1 atom stereocenters. The second-order valence-electron chi connectivity index (χ2n) is 4.36. The first-order chi connectivity index (χ1) is 7.25. The smallest absolute Gasteiger partial charge is 0.335 e. The molecule has 0 heterocycles. The molecule has 1 aliphatic rings. The van der Waals surface area contributed by atoms with Gasteiger partial charge in [-0.15, -0.1) is 0 Å². The van der Waals surface area contributed by atoms with Crippen LogP contribution < -0.4 is 0 Å². The van der Waals surface area contributed by atoms with Crippen molar-refractivity contribution < 1.29 is 14.6 Å². The Morgan fingerprint density at radius 2 is 2.07 bits per heavy atom. The summed E-state index contributed by atoms with van der Waals surface area (Å²) in [7, 11) is 0. The molecule has 0 spiro atoms. The first kappa shape index (κ1) is 12.5. The third kappa shape index (κ3) is 4.20. The second kappa shape index (κ2) is 6.83. The predicted molar refractivity (Wildman–Crippen MR) is 58.4 cm³/mol. The average Bonchev–Trinajstić information content (AvgIpc) is 2.29. The van der Waals surface area contributed by atoms with Crippen molar-refractivity contribution in [1.29, 1.82) is 0 Å². The Labute approximate surface area is 91.8 Å². The molecule has 88 valence electrons. The van der Waals surface area contributed by atoms with Crippen LogP contribution in [0.15, 0.2) is 0 Å². The largest absolute Gasteiger partial charge is 0.464 e. The molecule has 0 unspecified atom stereocenters. The average molecular weight is 214 g/mol. The van der Waals surface area contributed by atoms with Crippen molar-refractivity contribution in [3.05, 3.63) is 0 Å². The van der Waals surface area contributed by atoms with Crippen LogP contribution in [0, 0.1) is 5.92 Å². The summed E-state index contributed by atoms with van der Waals surface area (Å²) >= 11 is 0. The number of aliphatic hydroxyl groups excluding tert-OH is 1. The van der Waals surface area contributed by atoms with E-state index >= 15 is 0 Å². The molecule has 1 fully saturated rings. The van der Waals surface area contributed by atoms with Crippen molar-refractivity contribution in [3.63, 3.8) is 0 Å². The molecule has 0 aliphatic heterocycles. The van der Waals surface area contributed by atoms with E-state index < -0.39 is 12.1 Å². The van der Waals surface area contributed by atoms with Gasteiger partial charge in [-0.05, 0) is 25.2 Å². The summed E-state index contributed by atoms with van der Waals surface area (Å²) < 4.78 is 5.01. The number of aliphatic hydroxyl groups is 1. The highest BCUT2D eigenvalue weighted by molar-refractivity contribution is 5.74. The quantitative estimate of drug-likeness (QED) is 0.564. The van der Waals surface area contributed by atoms with E-state index in [0.29, 0.717) is 6.61 Å². The van der Waals surface area contributed by atoms with E-state index in [2.05, 4.69) is 0 Å². The number of hydrogen-bond donors (Lipinski definition) is 1. The molecular formula is C12H22O3. The van der Waals surface area contributed by atoms with Crippen molar-refractivity contribution in [2.45, 2.75) is 58.0 Å². The van der Waals surface area contributed by atoms with E-state index in [0.717, 1.165) is 38.5 Å². The Balaban J connectivity index is 2.24. The fourth-order valence-corrected chi connectivity index (χ4v) is 2.04. The molecule has 0 aromatic rings. The summed E-state index contributed by atoms with van der Waals surface area (Å²) in [6, 6.07) is 0. The number of rotatable bonds is 5. The molecule has 1 rings (SSSR count). The summed E-state index contributed by atoms with van der Waals surface area (Å²) in [5.41, 5.74) is 0. The van der Waals surface area contributed by atoms with E-state index in [1.807, 2.05) is 6.92 Å². The monoisotopic (exact) mass is 214 g/mol. The summed E-state index contributed by atoms with van der Waals surface area (Å²) in [6.07, 6.45) is 6.41. The van der Waals surface area contributed by atoms with E-state index in [1.54, 1.807) is 0 Å². The van der Waals surface area contributed by atoms with Crippen LogP contribution in [0.5, 0.6) is 0 Å². The van der Waals surface area contributed by atoms with Gasteiger partial charge in [0.15, 0.2) is 6.10 Å². The Kier molecular flexibility index (Phi) is 5.69. The van der Waals surface area contributed by atoms with Gasteiger partial charge < -0.3 is 9.84 Å². The molecule has 0 amide bonds. The van der Waals surface area contributed by atoms with Crippen LogP contribution >= 0.6 is 0 Å². The van der Waals surface area contributed by atoms with Crippen LogP contribution in [0.4, 0.5) is 0 Å². The molecule has 0 aromatic heterocycles. The summed E-state index contributed by atoms with van der Waals surface area (Å²) in [5, 5.41) is 9.77. The lowest BCUT2D eigenvalue weighted by atomic mass is 9.85. The number of esters is 1. The maximum atomic E-state index is 11.4. The minimum atomic E-state index is -0.887. The first-order valence-corrected chi connectivity index (χ1v) is 6.10. The van der Waals surface area contributed by atoms with Crippen LogP contribution in [0.2, 0.25) is 0 Å². The molecule has 0 radical (unpaired) electrons. The van der Waals surface area contributed by atoms with Crippen molar-refractivity contribution in [3.8, 4) is 0 Å². The summed E-state index contributed by atoms with van der Waals surface area (Å²) in [5.74, 6) is -0.289. The van der Waals surface area contributed by atoms with Gasteiger partial charge in [0, 0.05) is 0 Å². The molecule has 1 aliphatic carbocycles. The summed E-state index contributed by atoms with van der Waals surface area (Å²) in [4.78, 5) is 11.4. The number of unbranched alkanes of at least 4 members (excludes halogenated alkanes) is 1. The van der Waals surface area contributed by atoms with Crippen LogP contribution in [0.25, 0.3) is 0 Å². The van der Waals surface area contributed by atoms with Gasteiger partial charge in [-0.3, -0.25) is 0 Å². The van der Waals surface area contributed by atoms with Crippen LogP contribution in [-0.2, 0) is 9.53 Å². The zero-order valence-corrected chi connectivity index (χ0v) is 9.58. The Morgan fingerprint density at radius 1 is 1.40 bits per heavy atom. The number of hydrogen-bond acceptors (Lipinski definition) is 3. The topological polar surface area (TPSA) is 46.5 Å². The van der Waals surface area contributed by atoms with E-state index in [4.69, 9.17) is 4.74 Å². The van der Waals surface area contributed by atoms with Crippen molar-refractivity contribution in [1.82, 2.24) is 0 Å². The molecule has 3 nitrogen and oxygen atoms in total. The van der Waals surface area contributed by atoms with Gasteiger partial charge in [-0.1, -0.05) is 32.6 Å². The molecule has 0 saturated heterocycles. The number of ether oxygens (including phenoxy) is 1. The van der Waals surface area contributed by atoms with Crippen LogP contribution in [0.1, 0.15) is 51.9 Å². The molecular weight excluding hydrogens is 192 g/mol. The molecule has 1 saturated carbocycles. The zero-order valence-electron chi connectivity index (χ0n) is 9.58. The highest BCUT2D eigenvalue weighted by Crippen LogP contribution is 2.26. The van der Waals surface area contributed by atoms with Crippen molar-refractivity contribution in [2.75, 3.05) is 6.61 Å². The Bertz CT molecular complexity index is 185. The Hall–Kier alpha value is -0.570. The lowest BCUT2D eigenvalue weighted by Crippen LogP contribution is -2.32. The number of carbonyl (C=O) groups excluding carboxylic acids is 1. The predicted octanol–water partition coefficient (Wildman–Crippen LogP) is 2.27. The van der Waals surface area contributed by atoms with Gasteiger partial charge in [0.25, 0.3) is 0 Å². The van der Waals surface area contributed by atoms with Crippen molar-refractivity contribution in [2.24, 2.45) is 5.92 Å². The lowest BCUT2D eigenvalue weighted by molar-refractivity contribution is -0.157. The molecule has 0 aromatic carbocycles. The van der Waals surface area contributed by atoms with E-state index in [-0.39, 0.29) is 5.92 Å². The molecule has 3 heteroatoms. The van der Waals surface area contributed by atoms with Gasteiger partial charge in [0.2, 0.25) is 0 Å². The SMILES string of the molecule is CCCCOC(=O)[C@@H](O)C1CCCCC1. The zero-order chi connectivity index (χ0) is 11.1. The third-order valence-corrected chi connectivity index (χ3v) is 3.08. The molecule has 15 heavy (non-hydrogen) atoms.